The van der Waals surface area contributed by atoms with Crippen LogP contribution in [0.2, 0.25) is 0 Å². The Balaban J connectivity index is 1.44. The summed E-state index contributed by atoms with van der Waals surface area (Å²) in [7, 11) is 0. The first-order valence-electron chi connectivity index (χ1n) is 13.8. The number of carbonyl (C=O) groups excluding carboxylic acids is 1. The Bertz CT molecular complexity index is 1350. The highest BCUT2D eigenvalue weighted by Crippen LogP contribution is 2.31. The molecular weight excluding hydrogens is 507 g/mol. The van der Waals surface area contributed by atoms with Crippen LogP contribution in [0.4, 0.5) is 4.39 Å². The number of aromatic nitrogens is 3. The molecule has 1 heterocycles. The highest BCUT2D eigenvalue weighted by atomic mass is 32.2. The maximum atomic E-state index is 13.4. The van der Waals surface area contributed by atoms with Crippen LogP contribution in [0.3, 0.4) is 0 Å². The number of thioether (sulfide) groups is 1. The summed E-state index contributed by atoms with van der Waals surface area (Å²) in [5, 5.41) is 13.3. The van der Waals surface area contributed by atoms with Crippen LogP contribution in [0.15, 0.2) is 84.0 Å². The predicted molar refractivity (Wildman–Crippen MR) is 154 cm³/mol. The van der Waals surface area contributed by atoms with Crippen LogP contribution in [-0.2, 0) is 17.0 Å². The predicted octanol–water partition coefficient (Wildman–Crippen LogP) is 7.38. The molecule has 5 nitrogen and oxygen atoms in total. The summed E-state index contributed by atoms with van der Waals surface area (Å²) in [5.74, 6) is 1.80. The molecule has 1 fully saturated rings. The average molecular weight is 543 g/mol. The summed E-state index contributed by atoms with van der Waals surface area (Å²) in [4.78, 5) is 13.2. The molecule has 1 aliphatic rings. The zero-order valence-electron chi connectivity index (χ0n) is 22.4. The van der Waals surface area contributed by atoms with Crippen LogP contribution in [0.5, 0.6) is 0 Å². The Labute approximate surface area is 234 Å². The fourth-order valence-corrected chi connectivity index (χ4v) is 6.14. The molecular formula is C32H35FN4OS. The van der Waals surface area contributed by atoms with Gasteiger partial charge in [0.15, 0.2) is 11.0 Å². The maximum absolute atomic E-state index is 13.4. The molecule has 1 N–H and O–H groups in total. The smallest absolute Gasteiger partial charge is 0.220 e. The monoisotopic (exact) mass is 542 g/mol. The van der Waals surface area contributed by atoms with E-state index < -0.39 is 0 Å². The lowest BCUT2D eigenvalue weighted by Crippen LogP contribution is -2.32. The van der Waals surface area contributed by atoms with E-state index in [2.05, 4.69) is 63.4 Å². The molecule has 4 aromatic rings. The highest BCUT2D eigenvalue weighted by molar-refractivity contribution is 7.98. The lowest BCUT2D eigenvalue weighted by molar-refractivity contribution is -0.122. The Hall–Kier alpha value is -3.45. The second kappa shape index (κ2) is 13.1. The number of halogens is 1. The average Bonchev–Trinajstić information content (AvgIpc) is 3.63. The zero-order valence-corrected chi connectivity index (χ0v) is 23.2. The Morgan fingerprint density at radius 2 is 1.69 bits per heavy atom. The van der Waals surface area contributed by atoms with Crippen LogP contribution in [0, 0.1) is 18.7 Å². The normalized spacial score (nSPS) is 14.4. The Kier molecular flexibility index (Phi) is 9.09. The molecule has 1 saturated carbocycles. The molecule has 202 valence electrons. The molecule has 0 bridgehead atoms. The van der Waals surface area contributed by atoms with Gasteiger partial charge in [-0.05, 0) is 61.1 Å². The number of hydrogen-bond acceptors (Lipinski definition) is 4. The van der Waals surface area contributed by atoms with E-state index in [1.807, 2.05) is 18.2 Å². The second-order valence-electron chi connectivity index (χ2n) is 10.4. The van der Waals surface area contributed by atoms with Gasteiger partial charge in [-0.15, -0.1) is 10.2 Å². The summed E-state index contributed by atoms with van der Waals surface area (Å²) in [6.07, 6.45) is 7.10. The van der Waals surface area contributed by atoms with Crippen LogP contribution in [-0.4, -0.2) is 20.7 Å². The van der Waals surface area contributed by atoms with Crippen molar-refractivity contribution in [2.75, 3.05) is 0 Å². The van der Waals surface area contributed by atoms with Crippen molar-refractivity contribution < 1.29 is 9.18 Å². The highest BCUT2D eigenvalue weighted by Gasteiger charge is 2.25. The number of carbonyl (C=O) groups is 1. The summed E-state index contributed by atoms with van der Waals surface area (Å²) in [6, 6.07) is 24.6. The maximum Gasteiger partial charge on any atom is 0.220 e. The molecule has 1 aliphatic carbocycles. The topological polar surface area (TPSA) is 59.8 Å². The van der Waals surface area contributed by atoms with Crippen molar-refractivity contribution >= 4 is 17.7 Å². The van der Waals surface area contributed by atoms with E-state index in [1.54, 1.807) is 23.9 Å². The third kappa shape index (κ3) is 7.35. The van der Waals surface area contributed by atoms with Crippen LogP contribution < -0.4 is 5.32 Å². The fourth-order valence-electron chi connectivity index (χ4n) is 5.22. The lowest BCUT2D eigenvalue weighted by Gasteiger charge is -2.21. The van der Waals surface area contributed by atoms with E-state index in [0.717, 1.165) is 34.0 Å². The minimum atomic E-state index is -0.336. The number of amides is 1. The molecule has 39 heavy (non-hydrogen) atoms. The van der Waals surface area contributed by atoms with Gasteiger partial charge in [0.2, 0.25) is 5.91 Å². The van der Waals surface area contributed by atoms with E-state index in [0.29, 0.717) is 30.3 Å². The third-order valence-electron chi connectivity index (χ3n) is 7.42. The number of nitrogens with zero attached hydrogens (tertiary/aromatic N) is 3. The number of benzene rings is 3. The first-order valence-corrected chi connectivity index (χ1v) is 14.8. The van der Waals surface area contributed by atoms with E-state index in [9.17, 15) is 9.18 Å². The molecule has 1 amide bonds. The van der Waals surface area contributed by atoms with Gasteiger partial charge in [-0.1, -0.05) is 97.6 Å². The standard InChI is InChI=1S/C32H35FN4OS/c1-23-11-18-28(19-12-23)37-31(35-36-32(37)39-22-26-13-16-27(33)17-14-26)29(21-25-9-3-2-4-10-25)34-30(38)20-15-24-7-5-6-8-24/h2-4,9-14,16-19,24,29H,5-8,15,20-22H2,1H3,(H,34,38). The van der Waals surface area contributed by atoms with Gasteiger partial charge in [-0.3, -0.25) is 9.36 Å². The molecule has 0 saturated heterocycles. The fraction of sp³-hybridized carbons (Fsp3) is 0.344. The molecule has 0 spiro atoms. The molecule has 7 heteroatoms. The second-order valence-corrected chi connectivity index (χ2v) is 11.4. The molecule has 1 unspecified atom stereocenters. The summed E-state index contributed by atoms with van der Waals surface area (Å²) in [6.45, 7) is 2.06. The first kappa shape index (κ1) is 27.1. The van der Waals surface area contributed by atoms with E-state index in [1.165, 1.54) is 37.8 Å². The van der Waals surface area contributed by atoms with Crippen LogP contribution in [0.1, 0.15) is 67.1 Å². The van der Waals surface area contributed by atoms with Gasteiger partial charge in [-0.2, -0.15) is 0 Å². The largest absolute Gasteiger partial charge is 0.346 e. The number of aryl methyl sites for hydroxylation is 1. The van der Waals surface area contributed by atoms with Crippen molar-refractivity contribution in [1.82, 2.24) is 20.1 Å². The quantitative estimate of drug-likeness (QED) is 0.201. The number of hydrogen-bond donors (Lipinski definition) is 1. The molecule has 0 aliphatic heterocycles. The van der Waals surface area contributed by atoms with Crippen molar-refractivity contribution in [3.63, 3.8) is 0 Å². The summed E-state index contributed by atoms with van der Waals surface area (Å²) >= 11 is 1.55. The minimum absolute atomic E-state index is 0.0572. The van der Waals surface area contributed by atoms with Gasteiger partial charge in [0.25, 0.3) is 0 Å². The lowest BCUT2D eigenvalue weighted by atomic mass is 10.0. The molecule has 5 rings (SSSR count). The SMILES string of the molecule is Cc1ccc(-n2c(SCc3ccc(F)cc3)nnc2C(Cc2ccccc2)NC(=O)CCC2CCCC2)cc1. The first-order chi connectivity index (χ1) is 19.0. The van der Waals surface area contributed by atoms with Gasteiger partial charge in [0.05, 0.1) is 6.04 Å². The van der Waals surface area contributed by atoms with Crippen molar-refractivity contribution in [2.45, 2.75) is 68.8 Å². The van der Waals surface area contributed by atoms with Crippen molar-refractivity contribution in [1.29, 1.82) is 0 Å². The van der Waals surface area contributed by atoms with Gasteiger partial charge in [0.1, 0.15) is 5.82 Å². The zero-order chi connectivity index (χ0) is 27.0. The molecule has 1 aromatic heterocycles. The van der Waals surface area contributed by atoms with Crippen molar-refractivity contribution in [3.8, 4) is 5.69 Å². The van der Waals surface area contributed by atoms with E-state index in [-0.39, 0.29) is 17.8 Å². The summed E-state index contributed by atoms with van der Waals surface area (Å²) < 4.78 is 15.5. The summed E-state index contributed by atoms with van der Waals surface area (Å²) in [5.41, 5.74) is 4.23. The van der Waals surface area contributed by atoms with Crippen LogP contribution in [0.25, 0.3) is 5.69 Å². The van der Waals surface area contributed by atoms with Gasteiger partial charge < -0.3 is 5.32 Å². The number of nitrogens with one attached hydrogen (secondary N) is 1. The van der Waals surface area contributed by atoms with Crippen LogP contribution >= 0.6 is 11.8 Å². The Morgan fingerprint density at radius 3 is 2.41 bits per heavy atom. The van der Waals surface area contributed by atoms with Crippen molar-refractivity contribution in [2.24, 2.45) is 5.92 Å². The molecule has 3 aromatic carbocycles. The third-order valence-corrected chi connectivity index (χ3v) is 8.42. The Morgan fingerprint density at radius 1 is 0.974 bits per heavy atom. The number of rotatable bonds is 11. The van der Waals surface area contributed by atoms with Gasteiger partial charge >= 0.3 is 0 Å². The van der Waals surface area contributed by atoms with Gasteiger partial charge in [-0.25, -0.2) is 4.39 Å². The minimum Gasteiger partial charge on any atom is -0.346 e. The van der Waals surface area contributed by atoms with Crippen molar-refractivity contribution in [3.05, 3.63) is 107 Å². The van der Waals surface area contributed by atoms with E-state index >= 15 is 0 Å². The van der Waals surface area contributed by atoms with Gasteiger partial charge in [0, 0.05) is 17.9 Å². The molecule has 1 atom stereocenters. The molecule has 0 radical (unpaired) electrons. The van der Waals surface area contributed by atoms with E-state index in [4.69, 9.17) is 0 Å².